The van der Waals surface area contributed by atoms with E-state index >= 15 is 0 Å². The standard InChI is InChI=1S/C72H131NO18/c1-3-5-7-9-11-13-15-17-19-21-22-23-24-25-26-27-28-29-30-31-32-34-36-38-40-42-44-46-48-50-60(78)73-55(56(77)49-47-45-43-41-39-37-35-33-20-18-16-14-12-10-8-6-4-2)54-86-70-66(84)63(81)68(58(52-75)88-70)91-72-67(85)64(82)69(59(53-76)89-72)90-71-65(83)62(80)61(79)57(51-74)87-71/h15,17,21-22,24-25,47,49,55-59,61-72,74-77,79-85H,3-14,16,18-20,23,26-46,48,50-54H2,1-2H3,(H,73,78)/b17-15-,22-21-,25-24-,49-47+. The van der Waals surface area contributed by atoms with Crippen LogP contribution in [-0.4, -0.2) is 193 Å². The maximum Gasteiger partial charge on any atom is 0.220 e. The summed E-state index contributed by atoms with van der Waals surface area (Å²) < 4.78 is 34.4. The number of rotatable bonds is 56. The van der Waals surface area contributed by atoms with E-state index in [0.717, 1.165) is 57.8 Å². The number of nitrogens with one attached hydrogen (secondary N) is 1. The zero-order valence-electron chi connectivity index (χ0n) is 56.3. The van der Waals surface area contributed by atoms with Crippen LogP contribution in [0.25, 0.3) is 0 Å². The van der Waals surface area contributed by atoms with Crippen molar-refractivity contribution in [1.29, 1.82) is 0 Å². The molecule has 3 aliphatic heterocycles. The monoisotopic (exact) mass is 1300 g/mol. The van der Waals surface area contributed by atoms with Gasteiger partial charge >= 0.3 is 0 Å². The van der Waals surface area contributed by atoms with Crippen molar-refractivity contribution in [2.75, 3.05) is 26.4 Å². The van der Waals surface area contributed by atoms with Crippen LogP contribution in [0.15, 0.2) is 48.6 Å². The van der Waals surface area contributed by atoms with E-state index in [1.165, 1.54) is 186 Å². The number of carbonyl (C=O) groups is 1. The van der Waals surface area contributed by atoms with Gasteiger partial charge in [-0.1, -0.05) is 255 Å². The molecule has 3 fully saturated rings. The summed E-state index contributed by atoms with van der Waals surface area (Å²) in [6, 6.07) is -0.974. The van der Waals surface area contributed by atoms with Crippen molar-refractivity contribution >= 4 is 5.91 Å². The summed E-state index contributed by atoms with van der Waals surface area (Å²) >= 11 is 0. The number of amides is 1. The fourth-order valence-electron chi connectivity index (χ4n) is 12.2. The Balaban J connectivity index is 1.40. The Morgan fingerprint density at radius 2 is 0.725 bits per heavy atom. The summed E-state index contributed by atoms with van der Waals surface area (Å²) in [7, 11) is 0. The highest BCUT2D eigenvalue weighted by Gasteiger charge is 2.53. The van der Waals surface area contributed by atoms with Crippen LogP contribution >= 0.6 is 0 Å². The van der Waals surface area contributed by atoms with Gasteiger partial charge in [-0.15, -0.1) is 0 Å². The maximum atomic E-state index is 13.4. The van der Waals surface area contributed by atoms with Gasteiger partial charge in [0.05, 0.1) is 38.6 Å². The lowest BCUT2D eigenvalue weighted by Gasteiger charge is -2.48. The summed E-state index contributed by atoms with van der Waals surface area (Å²) in [5.74, 6) is -0.275. The number of allylic oxidation sites excluding steroid dienone is 7. The van der Waals surface area contributed by atoms with Crippen molar-refractivity contribution < 1.29 is 89.4 Å². The van der Waals surface area contributed by atoms with Gasteiger partial charge in [-0.3, -0.25) is 4.79 Å². The second-order valence-corrected chi connectivity index (χ2v) is 26.1. The normalized spacial score (nSPS) is 28.1. The van der Waals surface area contributed by atoms with Gasteiger partial charge in [0, 0.05) is 6.42 Å². The molecule has 0 bridgehead atoms. The minimum Gasteiger partial charge on any atom is -0.394 e. The molecule has 0 aromatic heterocycles. The summed E-state index contributed by atoms with van der Waals surface area (Å²) in [5, 5.41) is 121. The molecule has 0 saturated carbocycles. The maximum absolute atomic E-state index is 13.4. The fraction of sp³-hybridized carbons (Fsp3) is 0.875. The number of hydrogen-bond donors (Lipinski definition) is 12. The van der Waals surface area contributed by atoms with Crippen molar-refractivity contribution in [2.45, 2.75) is 375 Å². The molecule has 3 aliphatic rings. The Hall–Kier alpha value is -2.25. The third-order valence-corrected chi connectivity index (χ3v) is 18.1. The number of carbonyl (C=O) groups excluding carboxylic acids is 1. The van der Waals surface area contributed by atoms with Gasteiger partial charge in [0.25, 0.3) is 0 Å². The van der Waals surface area contributed by atoms with Gasteiger partial charge in [-0.2, -0.15) is 0 Å². The molecule has 12 N–H and O–H groups in total. The van der Waals surface area contributed by atoms with E-state index in [4.69, 9.17) is 28.4 Å². The molecule has 0 spiro atoms. The van der Waals surface area contributed by atoms with Crippen LogP contribution in [0, 0.1) is 0 Å². The molecule has 0 aromatic rings. The second kappa shape index (κ2) is 53.8. The number of unbranched alkanes of at least 4 members (excludes halogenated alkanes) is 34. The summed E-state index contributed by atoms with van der Waals surface area (Å²) in [5.41, 5.74) is 0. The van der Waals surface area contributed by atoms with E-state index in [1.54, 1.807) is 6.08 Å². The average Bonchev–Trinajstić information content (AvgIpc) is 0.884. The third-order valence-electron chi connectivity index (χ3n) is 18.1. The van der Waals surface area contributed by atoms with Gasteiger partial charge in [-0.25, -0.2) is 0 Å². The molecule has 17 atom stereocenters. The zero-order valence-corrected chi connectivity index (χ0v) is 56.3. The minimum atomic E-state index is -1.98. The van der Waals surface area contributed by atoms with Crippen LogP contribution < -0.4 is 5.32 Å². The first-order valence-electron chi connectivity index (χ1n) is 36.4. The lowest BCUT2D eigenvalue weighted by molar-refractivity contribution is -0.379. The summed E-state index contributed by atoms with van der Waals surface area (Å²) in [6.07, 6.45) is 38.0. The minimum absolute atomic E-state index is 0.242. The van der Waals surface area contributed by atoms with Gasteiger partial charge < -0.3 is 89.9 Å². The van der Waals surface area contributed by atoms with E-state index in [9.17, 15) is 61.0 Å². The van der Waals surface area contributed by atoms with Crippen LogP contribution in [0.3, 0.4) is 0 Å². The SMILES string of the molecule is CCCCCCC/C=C\C/C=C\C/C=C\CCCCCCCCCCCCCCCCC(=O)NC(COC1OC(CO)C(OC2OC(CO)C(OC3OC(CO)C(O)C(O)C3O)C(O)C2O)C(O)C1O)C(O)/C=C/CCCCCCCCCCCCCCCCC. The molecule has 3 rings (SSSR count). The first kappa shape index (κ1) is 83.0. The predicted octanol–water partition coefficient (Wildman–Crippen LogP) is 10.2. The third kappa shape index (κ3) is 35.5. The Kier molecular flexibility index (Phi) is 49.1. The average molecular weight is 1300 g/mol. The fourth-order valence-corrected chi connectivity index (χ4v) is 12.2. The van der Waals surface area contributed by atoms with E-state index in [1.807, 2.05) is 6.08 Å². The molecule has 3 heterocycles. The Bertz CT molecular complexity index is 1840. The molecule has 0 aromatic carbocycles. The molecule has 19 nitrogen and oxygen atoms in total. The quantitative estimate of drug-likeness (QED) is 0.0199. The highest BCUT2D eigenvalue weighted by molar-refractivity contribution is 5.76. The van der Waals surface area contributed by atoms with Gasteiger partial charge in [-0.05, 0) is 57.8 Å². The van der Waals surface area contributed by atoms with Crippen molar-refractivity contribution in [3.8, 4) is 0 Å². The Morgan fingerprint density at radius 1 is 0.396 bits per heavy atom. The van der Waals surface area contributed by atoms with E-state index in [2.05, 4.69) is 55.6 Å². The zero-order chi connectivity index (χ0) is 66.1. The lowest BCUT2D eigenvalue weighted by atomic mass is 9.96. The smallest absolute Gasteiger partial charge is 0.220 e. The molecule has 3 saturated heterocycles. The van der Waals surface area contributed by atoms with Crippen LogP contribution in [0.4, 0.5) is 0 Å². The first-order chi connectivity index (χ1) is 44.3. The van der Waals surface area contributed by atoms with Crippen LogP contribution in [0.2, 0.25) is 0 Å². The summed E-state index contributed by atoms with van der Waals surface area (Å²) in [4.78, 5) is 13.4. The van der Waals surface area contributed by atoms with Crippen molar-refractivity contribution in [3.63, 3.8) is 0 Å². The van der Waals surface area contributed by atoms with Gasteiger partial charge in [0.15, 0.2) is 18.9 Å². The lowest BCUT2D eigenvalue weighted by Crippen LogP contribution is -2.66. The van der Waals surface area contributed by atoms with E-state index in [-0.39, 0.29) is 18.9 Å². The molecule has 19 heteroatoms. The highest BCUT2D eigenvalue weighted by Crippen LogP contribution is 2.33. The number of aliphatic hydroxyl groups is 11. The van der Waals surface area contributed by atoms with E-state index < -0.39 is 124 Å². The van der Waals surface area contributed by atoms with Crippen LogP contribution in [0.1, 0.15) is 271 Å². The van der Waals surface area contributed by atoms with Crippen molar-refractivity contribution in [3.05, 3.63) is 48.6 Å². The molecule has 0 aliphatic carbocycles. The second-order valence-electron chi connectivity index (χ2n) is 26.1. The van der Waals surface area contributed by atoms with Crippen molar-refractivity contribution in [2.24, 2.45) is 0 Å². The number of aliphatic hydroxyl groups excluding tert-OH is 11. The Labute approximate surface area is 548 Å². The molecule has 91 heavy (non-hydrogen) atoms. The Morgan fingerprint density at radius 3 is 1.13 bits per heavy atom. The molecule has 1 amide bonds. The molecular weight excluding hydrogens is 1170 g/mol. The highest BCUT2D eigenvalue weighted by atomic mass is 16.8. The topological polar surface area (TPSA) is 307 Å². The molecule has 17 unspecified atom stereocenters. The predicted molar refractivity (Wildman–Crippen MR) is 356 cm³/mol. The van der Waals surface area contributed by atoms with Crippen molar-refractivity contribution in [1.82, 2.24) is 5.32 Å². The molecular formula is C72H131NO18. The van der Waals surface area contributed by atoms with Crippen LogP contribution in [0.5, 0.6) is 0 Å². The van der Waals surface area contributed by atoms with E-state index in [0.29, 0.717) is 6.42 Å². The summed E-state index contributed by atoms with van der Waals surface area (Å²) in [6.45, 7) is 1.74. The van der Waals surface area contributed by atoms with Gasteiger partial charge in [0.1, 0.15) is 73.2 Å². The number of ether oxygens (including phenoxy) is 6. The molecule has 532 valence electrons. The largest absolute Gasteiger partial charge is 0.394 e. The molecule has 0 radical (unpaired) electrons. The first-order valence-corrected chi connectivity index (χ1v) is 36.4. The van der Waals surface area contributed by atoms with Gasteiger partial charge in [0.2, 0.25) is 5.91 Å². The number of hydrogen-bond acceptors (Lipinski definition) is 18. The van der Waals surface area contributed by atoms with Crippen LogP contribution in [-0.2, 0) is 33.2 Å².